The second-order valence-electron chi connectivity index (χ2n) is 9.09. The Bertz CT molecular complexity index is 1060. The highest BCUT2D eigenvalue weighted by Crippen LogP contribution is 2.24. The van der Waals surface area contributed by atoms with Crippen molar-refractivity contribution in [3.05, 3.63) is 66.2 Å². The first-order valence-electron chi connectivity index (χ1n) is 11.7. The minimum Gasteiger partial charge on any atom is -0.484 e. The van der Waals surface area contributed by atoms with Gasteiger partial charge in [-0.3, -0.25) is 4.79 Å². The number of hydrogen-bond donors (Lipinski definition) is 1. The molecule has 6 heteroatoms. The summed E-state index contributed by atoms with van der Waals surface area (Å²) in [4.78, 5) is 14.7. The number of anilines is 2. The van der Waals surface area contributed by atoms with Gasteiger partial charge in [-0.05, 0) is 66.6 Å². The minimum atomic E-state index is -0.208. The monoisotopic (exact) mass is 444 g/mol. The molecule has 0 aliphatic carbocycles. The highest BCUT2D eigenvalue weighted by Gasteiger charge is 2.17. The van der Waals surface area contributed by atoms with E-state index in [-0.39, 0.29) is 12.5 Å². The van der Waals surface area contributed by atoms with Gasteiger partial charge in [0.15, 0.2) is 12.4 Å². The van der Waals surface area contributed by atoms with Crippen molar-refractivity contribution in [2.75, 3.05) is 29.9 Å². The van der Waals surface area contributed by atoms with Gasteiger partial charge >= 0.3 is 0 Å². The maximum absolute atomic E-state index is 12.4. The predicted molar refractivity (Wildman–Crippen MR) is 133 cm³/mol. The summed E-state index contributed by atoms with van der Waals surface area (Å²) in [5.41, 5.74) is 3.63. The molecule has 0 bridgehead atoms. The van der Waals surface area contributed by atoms with Gasteiger partial charge in [-0.2, -0.15) is 0 Å². The van der Waals surface area contributed by atoms with Crippen molar-refractivity contribution in [1.29, 1.82) is 0 Å². The fraction of sp³-hybridized carbons (Fsp3) is 0.370. The van der Waals surface area contributed by atoms with E-state index < -0.39 is 0 Å². The summed E-state index contributed by atoms with van der Waals surface area (Å²) < 4.78 is 5.63. The Labute approximate surface area is 196 Å². The van der Waals surface area contributed by atoms with Crippen LogP contribution >= 0.6 is 0 Å². The van der Waals surface area contributed by atoms with E-state index >= 15 is 0 Å². The summed E-state index contributed by atoms with van der Waals surface area (Å²) in [7, 11) is 0. The lowest BCUT2D eigenvalue weighted by molar-refractivity contribution is -0.118. The first kappa shape index (κ1) is 22.8. The van der Waals surface area contributed by atoms with Crippen LogP contribution in [0.15, 0.2) is 60.7 Å². The number of rotatable bonds is 7. The Morgan fingerprint density at radius 3 is 2.48 bits per heavy atom. The molecule has 4 rings (SSSR count). The van der Waals surface area contributed by atoms with Gasteiger partial charge in [0.2, 0.25) is 0 Å². The topological polar surface area (TPSA) is 67.4 Å². The van der Waals surface area contributed by atoms with E-state index in [1.807, 2.05) is 60.7 Å². The smallest absolute Gasteiger partial charge is 0.262 e. The lowest BCUT2D eigenvalue weighted by Gasteiger charge is -2.30. The SMILES string of the molecule is CC1CCN(c2ccc(-c3cccc(NC(=O)COc4ccc(C(C)C)cc4)c3)nn2)CC1. The number of aromatic nitrogens is 2. The van der Waals surface area contributed by atoms with Crippen molar-refractivity contribution in [3.8, 4) is 17.0 Å². The first-order valence-corrected chi connectivity index (χ1v) is 11.7. The largest absolute Gasteiger partial charge is 0.484 e. The van der Waals surface area contributed by atoms with Crippen LogP contribution in [0.4, 0.5) is 11.5 Å². The van der Waals surface area contributed by atoms with Gasteiger partial charge in [-0.25, -0.2) is 0 Å². The molecule has 3 aromatic rings. The van der Waals surface area contributed by atoms with Crippen LogP contribution in [0.2, 0.25) is 0 Å². The number of ether oxygens (including phenoxy) is 1. The van der Waals surface area contributed by atoms with E-state index in [1.54, 1.807) is 0 Å². The molecule has 1 aliphatic rings. The highest BCUT2D eigenvalue weighted by molar-refractivity contribution is 5.92. The average molecular weight is 445 g/mol. The van der Waals surface area contributed by atoms with Gasteiger partial charge < -0.3 is 15.0 Å². The van der Waals surface area contributed by atoms with Crippen LogP contribution in [0.3, 0.4) is 0 Å². The number of nitrogens with one attached hydrogen (secondary N) is 1. The van der Waals surface area contributed by atoms with Crippen molar-refractivity contribution >= 4 is 17.4 Å². The van der Waals surface area contributed by atoms with Gasteiger partial charge in [-0.1, -0.05) is 45.0 Å². The van der Waals surface area contributed by atoms with Crippen molar-refractivity contribution in [3.63, 3.8) is 0 Å². The van der Waals surface area contributed by atoms with E-state index in [2.05, 4.69) is 41.2 Å². The van der Waals surface area contributed by atoms with Gasteiger partial charge in [-0.15, -0.1) is 10.2 Å². The number of hydrogen-bond acceptors (Lipinski definition) is 5. The molecule has 1 aromatic heterocycles. The van der Waals surface area contributed by atoms with E-state index in [4.69, 9.17) is 4.74 Å². The Morgan fingerprint density at radius 1 is 1.06 bits per heavy atom. The zero-order valence-corrected chi connectivity index (χ0v) is 19.6. The number of piperidine rings is 1. The summed E-state index contributed by atoms with van der Waals surface area (Å²) in [5, 5.41) is 11.8. The number of carbonyl (C=O) groups excluding carboxylic acids is 1. The normalized spacial score (nSPS) is 14.4. The van der Waals surface area contributed by atoms with Crippen LogP contribution in [0.1, 0.15) is 45.1 Å². The number of amides is 1. The van der Waals surface area contributed by atoms with E-state index in [9.17, 15) is 4.79 Å². The molecule has 33 heavy (non-hydrogen) atoms. The number of carbonyl (C=O) groups is 1. The Balaban J connectivity index is 1.34. The van der Waals surface area contributed by atoms with Gasteiger partial charge in [0.25, 0.3) is 5.91 Å². The molecule has 6 nitrogen and oxygen atoms in total. The van der Waals surface area contributed by atoms with Crippen LogP contribution in [0.25, 0.3) is 11.3 Å². The van der Waals surface area contributed by atoms with Crippen LogP contribution in [-0.4, -0.2) is 35.8 Å². The third-order valence-corrected chi connectivity index (χ3v) is 6.12. The maximum atomic E-state index is 12.4. The summed E-state index contributed by atoms with van der Waals surface area (Å²) in [6.45, 7) is 8.60. The van der Waals surface area contributed by atoms with Crippen molar-refractivity contribution in [2.24, 2.45) is 5.92 Å². The molecule has 1 fully saturated rings. The number of nitrogens with zero attached hydrogens (tertiary/aromatic N) is 3. The van der Waals surface area contributed by atoms with Crippen LogP contribution in [0, 0.1) is 5.92 Å². The molecule has 1 saturated heterocycles. The molecule has 0 radical (unpaired) electrons. The standard InChI is InChI=1S/C27H32N4O2/c1-19(2)21-7-9-24(10-8-21)33-18-27(32)28-23-6-4-5-22(17-23)25-11-12-26(30-29-25)31-15-13-20(3)14-16-31/h4-12,17,19-20H,13-16,18H2,1-3H3,(H,28,32). The minimum absolute atomic E-state index is 0.0474. The van der Waals surface area contributed by atoms with E-state index in [0.717, 1.165) is 36.1 Å². The second kappa shape index (κ2) is 10.5. The fourth-order valence-electron chi connectivity index (χ4n) is 3.94. The zero-order valence-electron chi connectivity index (χ0n) is 19.6. The Kier molecular flexibility index (Phi) is 7.23. The molecular formula is C27H32N4O2. The summed E-state index contributed by atoms with van der Waals surface area (Å²) in [6, 6.07) is 19.5. The van der Waals surface area contributed by atoms with Gasteiger partial charge in [0.1, 0.15) is 5.75 Å². The highest BCUT2D eigenvalue weighted by atomic mass is 16.5. The predicted octanol–water partition coefficient (Wildman–Crippen LogP) is 5.52. The Hall–Kier alpha value is -3.41. The first-order chi connectivity index (χ1) is 16.0. The third-order valence-electron chi connectivity index (χ3n) is 6.12. The average Bonchev–Trinajstić information content (AvgIpc) is 2.84. The van der Waals surface area contributed by atoms with Crippen LogP contribution in [-0.2, 0) is 4.79 Å². The van der Waals surface area contributed by atoms with Crippen molar-refractivity contribution in [1.82, 2.24) is 10.2 Å². The summed E-state index contributed by atoms with van der Waals surface area (Å²) in [6.07, 6.45) is 2.39. The lowest BCUT2D eigenvalue weighted by atomic mass is 9.99. The molecule has 0 spiro atoms. The molecule has 172 valence electrons. The molecule has 0 saturated carbocycles. The molecule has 0 atom stereocenters. The summed E-state index contributed by atoms with van der Waals surface area (Å²) >= 11 is 0. The lowest BCUT2D eigenvalue weighted by Crippen LogP contribution is -2.33. The molecule has 1 aliphatic heterocycles. The van der Waals surface area contributed by atoms with Crippen molar-refractivity contribution in [2.45, 2.75) is 39.5 Å². The zero-order chi connectivity index (χ0) is 23.2. The number of benzene rings is 2. The van der Waals surface area contributed by atoms with Gasteiger partial charge in [0.05, 0.1) is 5.69 Å². The maximum Gasteiger partial charge on any atom is 0.262 e. The van der Waals surface area contributed by atoms with E-state index in [0.29, 0.717) is 17.4 Å². The van der Waals surface area contributed by atoms with Crippen molar-refractivity contribution < 1.29 is 9.53 Å². The van der Waals surface area contributed by atoms with E-state index in [1.165, 1.54) is 18.4 Å². The molecule has 2 aromatic carbocycles. The molecule has 1 N–H and O–H groups in total. The summed E-state index contributed by atoms with van der Waals surface area (Å²) in [5.74, 6) is 2.64. The molecular weight excluding hydrogens is 412 g/mol. The van der Waals surface area contributed by atoms with Crippen LogP contribution < -0.4 is 15.0 Å². The Morgan fingerprint density at radius 2 is 1.82 bits per heavy atom. The van der Waals surface area contributed by atoms with Gasteiger partial charge in [0, 0.05) is 24.3 Å². The molecule has 0 unspecified atom stereocenters. The third kappa shape index (κ3) is 6.09. The molecule has 2 heterocycles. The quantitative estimate of drug-likeness (QED) is 0.520. The second-order valence-corrected chi connectivity index (χ2v) is 9.09. The fourth-order valence-corrected chi connectivity index (χ4v) is 3.94. The van der Waals surface area contributed by atoms with Crippen LogP contribution in [0.5, 0.6) is 5.75 Å². The molecule has 1 amide bonds.